The first kappa shape index (κ1) is 19.7. The van der Waals surface area contributed by atoms with E-state index in [1.807, 2.05) is 4.90 Å². The van der Waals surface area contributed by atoms with Gasteiger partial charge in [-0.1, -0.05) is 6.07 Å². The smallest absolute Gasteiger partial charge is 0.250 e. The Bertz CT molecular complexity index is 622. The van der Waals surface area contributed by atoms with Crippen LogP contribution in [0.1, 0.15) is 25.7 Å². The Kier molecular flexibility index (Phi) is 7.06. The maximum Gasteiger partial charge on any atom is 0.250 e. The molecule has 0 bridgehead atoms. The van der Waals surface area contributed by atoms with Gasteiger partial charge in [-0.3, -0.25) is 4.79 Å². The van der Waals surface area contributed by atoms with E-state index in [9.17, 15) is 13.2 Å². The van der Waals surface area contributed by atoms with Crippen LogP contribution < -0.4 is 10.0 Å². The Morgan fingerprint density at radius 1 is 1.29 bits per heavy atom. The molecular formula is C15H24ClN3O3S2. The van der Waals surface area contributed by atoms with Gasteiger partial charge in [0.15, 0.2) is 0 Å². The van der Waals surface area contributed by atoms with E-state index in [-0.39, 0.29) is 30.3 Å². The molecule has 2 aliphatic rings. The highest BCUT2D eigenvalue weighted by molar-refractivity contribution is 7.91. The summed E-state index contributed by atoms with van der Waals surface area (Å²) in [5.41, 5.74) is 0. The van der Waals surface area contributed by atoms with Gasteiger partial charge in [-0.2, -0.15) is 0 Å². The van der Waals surface area contributed by atoms with Crippen molar-refractivity contribution in [1.82, 2.24) is 14.9 Å². The van der Waals surface area contributed by atoms with Gasteiger partial charge in [0.1, 0.15) is 4.21 Å². The molecule has 1 amide bonds. The van der Waals surface area contributed by atoms with Crippen LogP contribution in [0.3, 0.4) is 0 Å². The van der Waals surface area contributed by atoms with Crippen LogP contribution >= 0.6 is 23.7 Å². The number of carbonyl (C=O) groups excluding carboxylic acids is 1. The maximum atomic E-state index is 12.5. The lowest BCUT2D eigenvalue weighted by Gasteiger charge is -2.35. The fraction of sp³-hybridized carbons (Fsp3) is 0.667. The van der Waals surface area contributed by atoms with Crippen LogP contribution in [0.4, 0.5) is 0 Å². The highest BCUT2D eigenvalue weighted by Crippen LogP contribution is 2.21. The van der Waals surface area contributed by atoms with Crippen LogP contribution in [0, 0.1) is 5.92 Å². The highest BCUT2D eigenvalue weighted by Gasteiger charge is 2.30. The number of halogens is 1. The molecule has 0 radical (unpaired) electrons. The van der Waals surface area contributed by atoms with E-state index in [4.69, 9.17) is 0 Å². The first-order chi connectivity index (χ1) is 11.1. The van der Waals surface area contributed by atoms with Gasteiger partial charge in [0.05, 0.1) is 5.92 Å². The Morgan fingerprint density at radius 3 is 2.62 bits per heavy atom. The van der Waals surface area contributed by atoms with Crippen molar-refractivity contribution in [3.63, 3.8) is 0 Å². The summed E-state index contributed by atoms with van der Waals surface area (Å²) >= 11 is 1.22. The summed E-state index contributed by atoms with van der Waals surface area (Å²) in [6.45, 7) is 3.03. The van der Waals surface area contributed by atoms with Gasteiger partial charge in [-0.25, -0.2) is 13.1 Å². The first-order valence-corrected chi connectivity index (χ1v) is 10.5. The first-order valence-electron chi connectivity index (χ1n) is 8.11. The Morgan fingerprint density at radius 2 is 2.04 bits per heavy atom. The van der Waals surface area contributed by atoms with Crippen molar-refractivity contribution in [2.75, 3.05) is 26.2 Å². The van der Waals surface area contributed by atoms with Gasteiger partial charge in [-0.15, -0.1) is 23.7 Å². The third kappa shape index (κ3) is 4.70. The van der Waals surface area contributed by atoms with Crippen molar-refractivity contribution in [3.8, 4) is 0 Å². The zero-order chi connectivity index (χ0) is 16.3. The maximum absolute atomic E-state index is 12.5. The molecule has 3 heterocycles. The van der Waals surface area contributed by atoms with Crippen molar-refractivity contribution < 1.29 is 13.2 Å². The Hall–Kier alpha value is -0.670. The molecule has 0 aliphatic carbocycles. The zero-order valence-corrected chi connectivity index (χ0v) is 15.9. The van der Waals surface area contributed by atoms with E-state index >= 15 is 0 Å². The van der Waals surface area contributed by atoms with E-state index in [0.29, 0.717) is 30.1 Å². The number of nitrogens with zero attached hydrogens (tertiary/aromatic N) is 1. The number of piperidine rings is 2. The predicted molar refractivity (Wildman–Crippen MR) is 97.1 cm³/mol. The number of sulfonamides is 1. The molecule has 6 nitrogen and oxygen atoms in total. The summed E-state index contributed by atoms with van der Waals surface area (Å²) in [7, 11) is -3.42. The normalized spacial score (nSPS) is 22.8. The topological polar surface area (TPSA) is 78.5 Å². The molecule has 1 unspecified atom stereocenters. The molecular weight excluding hydrogens is 370 g/mol. The van der Waals surface area contributed by atoms with Gasteiger partial charge in [-0.05, 0) is 43.7 Å². The highest BCUT2D eigenvalue weighted by atomic mass is 35.5. The lowest BCUT2D eigenvalue weighted by atomic mass is 9.96. The summed E-state index contributed by atoms with van der Waals surface area (Å²) < 4.78 is 27.6. The molecule has 0 aromatic carbocycles. The minimum atomic E-state index is -3.42. The van der Waals surface area contributed by atoms with Gasteiger partial charge < -0.3 is 10.2 Å². The second-order valence-corrected chi connectivity index (χ2v) is 9.08. The summed E-state index contributed by atoms with van der Waals surface area (Å²) in [6.07, 6.45) is 3.36. The molecule has 1 atom stereocenters. The van der Waals surface area contributed by atoms with Crippen molar-refractivity contribution in [1.29, 1.82) is 0 Å². The number of hydrogen-bond acceptors (Lipinski definition) is 5. The summed E-state index contributed by atoms with van der Waals surface area (Å²) in [4.78, 5) is 14.4. The molecule has 1 aromatic rings. The predicted octanol–water partition coefficient (Wildman–Crippen LogP) is 1.44. The van der Waals surface area contributed by atoms with Gasteiger partial charge in [0.25, 0.3) is 0 Å². The van der Waals surface area contributed by atoms with Crippen LogP contribution in [-0.4, -0.2) is 51.4 Å². The summed E-state index contributed by atoms with van der Waals surface area (Å²) in [5.74, 6) is 0.305. The standard InChI is InChI=1S/C15H23N3O3S2.ClH/c19-15(12-3-1-7-16-11-12)18-8-5-13(6-9-18)17-23(20,21)14-4-2-10-22-14;/h2,4,10,12-13,16-17H,1,3,5-9,11H2;1H. The van der Waals surface area contributed by atoms with Gasteiger partial charge in [0, 0.05) is 25.7 Å². The van der Waals surface area contributed by atoms with E-state index in [1.165, 1.54) is 11.3 Å². The number of carbonyl (C=O) groups is 1. The largest absolute Gasteiger partial charge is 0.342 e. The Balaban J connectivity index is 0.00000208. The second-order valence-electron chi connectivity index (χ2n) is 6.20. The molecule has 136 valence electrons. The molecule has 0 spiro atoms. The third-order valence-corrected chi connectivity index (χ3v) is 7.45. The minimum absolute atomic E-state index is 0. The van der Waals surface area contributed by atoms with Gasteiger partial charge in [0.2, 0.25) is 15.9 Å². The molecule has 2 saturated heterocycles. The molecule has 2 N–H and O–H groups in total. The molecule has 3 rings (SSSR count). The van der Waals surface area contributed by atoms with Crippen LogP contribution in [0.2, 0.25) is 0 Å². The monoisotopic (exact) mass is 393 g/mol. The average Bonchev–Trinajstić information content (AvgIpc) is 3.11. The number of nitrogens with one attached hydrogen (secondary N) is 2. The number of hydrogen-bond donors (Lipinski definition) is 2. The number of amides is 1. The quantitative estimate of drug-likeness (QED) is 0.811. The van der Waals surface area contributed by atoms with E-state index in [1.54, 1.807) is 17.5 Å². The van der Waals surface area contributed by atoms with Crippen molar-refractivity contribution in [2.45, 2.75) is 35.9 Å². The number of likely N-dealkylation sites (tertiary alicyclic amines) is 1. The molecule has 24 heavy (non-hydrogen) atoms. The lowest BCUT2D eigenvalue weighted by molar-refractivity contribution is -0.137. The molecule has 2 fully saturated rings. The Labute approximate surface area is 153 Å². The SMILES string of the molecule is Cl.O=C(C1CCCNC1)N1CCC(NS(=O)(=O)c2cccs2)CC1. The second kappa shape index (κ2) is 8.62. The van der Waals surface area contributed by atoms with Crippen LogP contribution in [-0.2, 0) is 14.8 Å². The van der Waals surface area contributed by atoms with Crippen molar-refractivity contribution in [3.05, 3.63) is 17.5 Å². The zero-order valence-electron chi connectivity index (χ0n) is 13.4. The van der Waals surface area contributed by atoms with E-state index < -0.39 is 10.0 Å². The van der Waals surface area contributed by atoms with Gasteiger partial charge >= 0.3 is 0 Å². The fourth-order valence-corrected chi connectivity index (χ4v) is 5.55. The summed E-state index contributed by atoms with van der Waals surface area (Å²) in [5, 5.41) is 5.03. The van der Waals surface area contributed by atoms with E-state index in [2.05, 4.69) is 10.0 Å². The lowest BCUT2D eigenvalue weighted by Crippen LogP contribution is -2.49. The molecule has 1 aromatic heterocycles. The number of rotatable bonds is 4. The van der Waals surface area contributed by atoms with Crippen molar-refractivity contribution in [2.24, 2.45) is 5.92 Å². The number of thiophene rings is 1. The molecule has 9 heteroatoms. The summed E-state index contributed by atoms with van der Waals surface area (Å²) in [6, 6.07) is 3.26. The molecule has 2 aliphatic heterocycles. The van der Waals surface area contributed by atoms with E-state index in [0.717, 1.165) is 25.9 Å². The fourth-order valence-electron chi connectivity index (χ4n) is 3.23. The van der Waals surface area contributed by atoms with Crippen LogP contribution in [0.15, 0.2) is 21.7 Å². The van der Waals surface area contributed by atoms with Crippen LogP contribution in [0.25, 0.3) is 0 Å². The molecule has 0 saturated carbocycles. The third-order valence-electron chi connectivity index (χ3n) is 4.53. The average molecular weight is 394 g/mol. The van der Waals surface area contributed by atoms with Crippen molar-refractivity contribution >= 4 is 39.7 Å². The van der Waals surface area contributed by atoms with Crippen LogP contribution in [0.5, 0.6) is 0 Å². The minimum Gasteiger partial charge on any atom is -0.342 e.